The van der Waals surface area contributed by atoms with Crippen molar-refractivity contribution < 1.29 is 19.1 Å². The number of carbonyl (C=O) groups excluding carboxylic acids is 2. The lowest BCUT2D eigenvalue weighted by Crippen LogP contribution is -2.21. The van der Waals surface area contributed by atoms with Gasteiger partial charge in [0.05, 0.1) is 18.1 Å². The fourth-order valence-corrected chi connectivity index (χ4v) is 3.41. The molecule has 0 aliphatic heterocycles. The highest BCUT2D eigenvalue weighted by Gasteiger charge is 2.29. The molecule has 0 aliphatic carbocycles. The molecule has 0 saturated carbocycles. The molecular formula is C26H34O4. The maximum Gasteiger partial charge on any atom is 0.343 e. The number of hydrogen-bond donors (Lipinski definition) is 0. The number of rotatable bonds is 8. The molecule has 4 nitrogen and oxygen atoms in total. The van der Waals surface area contributed by atoms with E-state index in [-0.39, 0.29) is 11.4 Å². The van der Waals surface area contributed by atoms with Gasteiger partial charge >= 0.3 is 11.9 Å². The number of ether oxygens (including phenoxy) is 2. The van der Waals surface area contributed by atoms with Crippen LogP contribution in [0.2, 0.25) is 0 Å². The second-order valence-electron chi connectivity index (χ2n) is 8.66. The molecule has 0 amide bonds. The Hall–Kier alpha value is -2.62. The van der Waals surface area contributed by atoms with Crippen molar-refractivity contribution in [3.05, 3.63) is 64.7 Å². The Bertz CT molecular complexity index is 863. The fourth-order valence-electron chi connectivity index (χ4n) is 3.41. The smallest absolute Gasteiger partial charge is 0.343 e. The molecule has 0 radical (unpaired) electrons. The van der Waals surface area contributed by atoms with Gasteiger partial charge in [0.15, 0.2) is 0 Å². The van der Waals surface area contributed by atoms with Gasteiger partial charge in [0, 0.05) is 5.56 Å². The van der Waals surface area contributed by atoms with Crippen LogP contribution in [0.15, 0.2) is 42.5 Å². The Balaban J connectivity index is 2.58. The van der Waals surface area contributed by atoms with E-state index in [2.05, 4.69) is 27.7 Å². The molecular weight excluding hydrogens is 376 g/mol. The first-order chi connectivity index (χ1) is 14.2. The van der Waals surface area contributed by atoms with Crippen LogP contribution >= 0.6 is 0 Å². The van der Waals surface area contributed by atoms with Crippen LogP contribution in [0.3, 0.4) is 0 Å². The van der Waals surface area contributed by atoms with Crippen LogP contribution in [0.5, 0.6) is 5.75 Å². The Morgan fingerprint density at radius 1 is 1.03 bits per heavy atom. The summed E-state index contributed by atoms with van der Waals surface area (Å²) in [6, 6.07) is 13.0. The zero-order chi connectivity index (χ0) is 22.3. The topological polar surface area (TPSA) is 52.6 Å². The Labute approximate surface area is 180 Å². The molecule has 1 unspecified atom stereocenters. The minimum Gasteiger partial charge on any atom is -0.466 e. The van der Waals surface area contributed by atoms with Crippen molar-refractivity contribution >= 4 is 11.9 Å². The van der Waals surface area contributed by atoms with E-state index in [0.29, 0.717) is 24.3 Å². The maximum atomic E-state index is 12.9. The summed E-state index contributed by atoms with van der Waals surface area (Å²) in [5.74, 6) is -0.703. The Morgan fingerprint density at radius 3 is 2.27 bits per heavy atom. The van der Waals surface area contributed by atoms with Gasteiger partial charge in [0.2, 0.25) is 0 Å². The van der Waals surface area contributed by atoms with Crippen molar-refractivity contribution in [2.24, 2.45) is 0 Å². The zero-order valence-corrected chi connectivity index (χ0v) is 19.1. The molecule has 0 heterocycles. The van der Waals surface area contributed by atoms with Crippen molar-refractivity contribution in [1.82, 2.24) is 0 Å². The molecule has 0 aromatic heterocycles. The lowest BCUT2D eigenvalue weighted by atomic mass is 9.82. The number of carbonyl (C=O) groups is 2. The Kier molecular flexibility index (Phi) is 8.22. The van der Waals surface area contributed by atoms with Gasteiger partial charge < -0.3 is 9.47 Å². The summed E-state index contributed by atoms with van der Waals surface area (Å²) in [7, 11) is 0. The van der Waals surface area contributed by atoms with Gasteiger partial charge in [-0.15, -0.1) is 0 Å². The van der Waals surface area contributed by atoms with Crippen LogP contribution in [0, 0.1) is 6.92 Å². The van der Waals surface area contributed by atoms with E-state index < -0.39 is 11.9 Å². The van der Waals surface area contributed by atoms with Crippen molar-refractivity contribution in [3.63, 3.8) is 0 Å². The quantitative estimate of drug-likeness (QED) is 0.376. The van der Waals surface area contributed by atoms with Crippen molar-refractivity contribution in [2.45, 2.75) is 72.1 Å². The van der Waals surface area contributed by atoms with Gasteiger partial charge in [0.1, 0.15) is 5.75 Å². The summed E-state index contributed by atoms with van der Waals surface area (Å²) in [4.78, 5) is 25.7. The molecule has 162 valence electrons. The van der Waals surface area contributed by atoms with Crippen molar-refractivity contribution in [1.29, 1.82) is 0 Å². The SMILES string of the molecule is CCCCC(C(=O)OCC)c1cc(C(C)(C)C)cc(C)c1OC(=O)c1ccccc1. The molecule has 4 heteroatoms. The van der Waals surface area contributed by atoms with Gasteiger partial charge in [-0.25, -0.2) is 4.79 Å². The first-order valence-corrected chi connectivity index (χ1v) is 10.8. The third-order valence-corrected chi connectivity index (χ3v) is 5.17. The number of aryl methyl sites for hydroxylation is 1. The first kappa shape index (κ1) is 23.7. The standard InChI is InChI=1S/C26H34O4/c1-7-9-15-21(25(28)29-8-2)22-17-20(26(4,5)6)16-18(3)23(22)30-24(27)19-13-11-10-12-14-19/h10-14,16-17,21H,7-9,15H2,1-6H3. The van der Waals surface area contributed by atoms with E-state index in [1.165, 1.54) is 0 Å². The number of benzene rings is 2. The van der Waals surface area contributed by atoms with Gasteiger partial charge in [-0.3, -0.25) is 4.79 Å². The lowest BCUT2D eigenvalue weighted by Gasteiger charge is -2.26. The van der Waals surface area contributed by atoms with Gasteiger partial charge in [-0.05, 0) is 48.9 Å². The van der Waals surface area contributed by atoms with Crippen LogP contribution in [0.25, 0.3) is 0 Å². The largest absolute Gasteiger partial charge is 0.466 e. The lowest BCUT2D eigenvalue weighted by molar-refractivity contribution is -0.145. The highest BCUT2D eigenvalue weighted by molar-refractivity contribution is 5.91. The highest BCUT2D eigenvalue weighted by Crippen LogP contribution is 2.38. The zero-order valence-electron chi connectivity index (χ0n) is 19.1. The Morgan fingerprint density at radius 2 is 1.70 bits per heavy atom. The summed E-state index contributed by atoms with van der Waals surface area (Å²) < 4.78 is 11.3. The molecule has 0 saturated heterocycles. The first-order valence-electron chi connectivity index (χ1n) is 10.8. The molecule has 0 fully saturated rings. The summed E-state index contributed by atoms with van der Waals surface area (Å²) in [5.41, 5.74) is 3.04. The minimum absolute atomic E-state index is 0.106. The van der Waals surface area contributed by atoms with Gasteiger partial charge in [-0.2, -0.15) is 0 Å². The van der Waals surface area contributed by atoms with E-state index >= 15 is 0 Å². The summed E-state index contributed by atoms with van der Waals surface area (Å²) in [6.07, 6.45) is 2.50. The molecule has 0 aliphatic rings. The van der Waals surface area contributed by atoms with Crippen molar-refractivity contribution in [2.75, 3.05) is 6.61 Å². The predicted molar refractivity (Wildman–Crippen MR) is 120 cm³/mol. The molecule has 2 aromatic carbocycles. The van der Waals surface area contributed by atoms with E-state index in [9.17, 15) is 9.59 Å². The predicted octanol–water partition coefficient (Wildman–Crippen LogP) is 6.35. The van der Waals surface area contributed by atoms with Crippen LogP contribution in [-0.2, 0) is 14.9 Å². The molecule has 0 bridgehead atoms. The average Bonchev–Trinajstić information content (AvgIpc) is 2.70. The monoisotopic (exact) mass is 410 g/mol. The second-order valence-corrected chi connectivity index (χ2v) is 8.66. The fraction of sp³-hybridized carbons (Fsp3) is 0.462. The van der Waals surface area contributed by atoms with E-state index in [1.807, 2.05) is 32.0 Å². The molecule has 30 heavy (non-hydrogen) atoms. The molecule has 2 rings (SSSR count). The van der Waals surface area contributed by atoms with Gasteiger partial charge in [0.25, 0.3) is 0 Å². The molecule has 1 atom stereocenters. The second kappa shape index (κ2) is 10.4. The van der Waals surface area contributed by atoms with Crippen LogP contribution in [0.1, 0.15) is 86.8 Å². The van der Waals surface area contributed by atoms with Crippen molar-refractivity contribution in [3.8, 4) is 5.75 Å². The summed E-state index contributed by atoms with van der Waals surface area (Å²) >= 11 is 0. The summed E-state index contributed by atoms with van der Waals surface area (Å²) in [5, 5.41) is 0. The molecule has 0 spiro atoms. The summed E-state index contributed by atoms with van der Waals surface area (Å²) in [6.45, 7) is 12.5. The maximum absolute atomic E-state index is 12.9. The van der Waals surface area contributed by atoms with Crippen LogP contribution in [-0.4, -0.2) is 18.5 Å². The third-order valence-electron chi connectivity index (χ3n) is 5.17. The average molecular weight is 411 g/mol. The molecule has 2 aromatic rings. The van der Waals surface area contributed by atoms with Gasteiger partial charge in [-0.1, -0.05) is 70.9 Å². The number of hydrogen-bond acceptors (Lipinski definition) is 4. The minimum atomic E-state index is -0.468. The number of esters is 2. The third kappa shape index (κ3) is 5.94. The highest BCUT2D eigenvalue weighted by atomic mass is 16.5. The van der Waals surface area contributed by atoms with Crippen LogP contribution in [0.4, 0.5) is 0 Å². The van der Waals surface area contributed by atoms with Crippen LogP contribution < -0.4 is 4.74 Å². The van der Waals surface area contributed by atoms with E-state index in [4.69, 9.17) is 9.47 Å². The normalized spacial score (nSPS) is 12.3. The van der Waals surface area contributed by atoms with E-state index in [1.54, 1.807) is 24.3 Å². The van der Waals surface area contributed by atoms with E-state index in [0.717, 1.165) is 29.5 Å². The number of unbranched alkanes of at least 4 members (excludes halogenated alkanes) is 1. The molecule has 0 N–H and O–H groups in total.